The molecule has 152 valence electrons. The van der Waals surface area contributed by atoms with Gasteiger partial charge in [0.15, 0.2) is 5.96 Å². The Morgan fingerprint density at radius 2 is 1.85 bits per heavy atom. The summed E-state index contributed by atoms with van der Waals surface area (Å²) < 4.78 is 0. The highest BCUT2D eigenvalue weighted by molar-refractivity contribution is 5.80. The zero-order valence-electron chi connectivity index (χ0n) is 17.8. The quantitative estimate of drug-likeness (QED) is 0.375. The number of guanidine groups is 1. The lowest BCUT2D eigenvalue weighted by atomic mass is 10.1. The number of aliphatic imine (C=N–C) groups is 1. The van der Waals surface area contributed by atoms with Crippen LogP contribution >= 0.6 is 0 Å². The molecule has 0 bridgehead atoms. The molecular weight excluding hydrogens is 322 g/mol. The predicted molar refractivity (Wildman–Crippen MR) is 113 cm³/mol. The lowest BCUT2D eigenvalue weighted by molar-refractivity contribution is 0.224. The van der Waals surface area contributed by atoms with Gasteiger partial charge in [-0.25, -0.2) is 0 Å². The Balaban J connectivity index is 1.65. The van der Waals surface area contributed by atoms with Gasteiger partial charge in [-0.2, -0.15) is 0 Å². The molecule has 0 radical (unpaired) electrons. The highest BCUT2D eigenvalue weighted by atomic mass is 15.3. The van der Waals surface area contributed by atoms with Gasteiger partial charge in [-0.15, -0.1) is 0 Å². The van der Waals surface area contributed by atoms with Crippen LogP contribution in [-0.2, 0) is 0 Å². The second-order valence-electron chi connectivity index (χ2n) is 8.50. The summed E-state index contributed by atoms with van der Waals surface area (Å²) in [6.45, 7) is 17.2. The highest BCUT2D eigenvalue weighted by Crippen LogP contribution is 2.18. The van der Waals surface area contributed by atoms with Gasteiger partial charge in [0.1, 0.15) is 0 Å². The zero-order valence-corrected chi connectivity index (χ0v) is 17.8. The van der Waals surface area contributed by atoms with E-state index in [0.717, 1.165) is 25.6 Å². The van der Waals surface area contributed by atoms with Crippen molar-refractivity contribution in [2.45, 2.75) is 78.3 Å². The van der Waals surface area contributed by atoms with Crippen LogP contribution in [0.25, 0.3) is 0 Å². The van der Waals surface area contributed by atoms with E-state index in [1.165, 1.54) is 64.7 Å². The summed E-state index contributed by atoms with van der Waals surface area (Å²) in [7, 11) is 0. The third kappa shape index (κ3) is 7.43. The average molecular weight is 366 g/mol. The van der Waals surface area contributed by atoms with Crippen LogP contribution in [0.3, 0.4) is 0 Å². The maximum Gasteiger partial charge on any atom is 0.191 e. The molecule has 2 heterocycles. The third-order valence-corrected chi connectivity index (χ3v) is 5.89. The van der Waals surface area contributed by atoms with Crippen LogP contribution in [0.4, 0.5) is 0 Å². The lowest BCUT2D eigenvalue weighted by Gasteiger charge is -2.26. The smallest absolute Gasteiger partial charge is 0.191 e. The molecule has 2 unspecified atom stereocenters. The van der Waals surface area contributed by atoms with E-state index in [1.54, 1.807) is 0 Å². The molecule has 2 rings (SSSR count). The molecule has 0 saturated carbocycles. The number of nitrogens with zero attached hydrogens (tertiary/aromatic N) is 3. The highest BCUT2D eigenvalue weighted by Gasteiger charge is 2.31. The first-order valence-electron chi connectivity index (χ1n) is 11.1. The largest absolute Gasteiger partial charge is 0.357 e. The second-order valence-corrected chi connectivity index (χ2v) is 8.50. The first-order valence-corrected chi connectivity index (χ1v) is 11.1. The summed E-state index contributed by atoms with van der Waals surface area (Å²) in [4.78, 5) is 10.0. The molecular formula is C21H43N5. The molecule has 2 fully saturated rings. The zero-order chi connectivity index (χ0) is 18.8. The van der Waals surface area contributed by atoms with Crippen molar-refractivity contribution >= 4 is 5.96 Å². The van der Waals surface area contributed by atoms with E-state index in [2.05, 4.69) is 48.1 Å². The van der Waals surface area contributed by atoms with Crippen LogP contribution in [0, 0.1) is 5.92 Å². The maximum absolute atomic E-state index is 4.83. The Hall–Kier alpha value is -0.810. The van der Waals surface area contributed by atoms with Gasteiger partial charge in [-0.3, -0.25) is 9.89 Å². The maximum atomic E-state index is 4.83. The number of nitrogens with one attached hydrogen (secondary N) is 2. The fourth-order valence-electron chi connectivity index (χ4n) is 4.11. The molecule has 0 spiro atoms. The molecule has 0 aromatic carbocycles. The molecule has 2 atom stereocenters. The summed E-state index contributed by atoms with van der Waals surface area (Å²) in [6.07, 6.45) is 8.04. The van der Waals surface area contributed by atoms with Crippen LogP contribution in [0.15, 0.2) is 4.99 Å². The Labute approximate surface area is 162 Å². The van der Waals surface area contributed by atoms with Crippen LogP contribution in [-0.4, -0.2) is 73.7 Å². The average Bonchev–Trinajstić information content (AvgIpc) is 3.00. The van der Waals surface area contributed by atoms with Crippen molar-refractivity contribution in [3.05, 3.63) is 0 Å². The minimum absolute atomic E-state index is 0.509. The molecule has 5 heteroatoms. The summed E-state index contributed by atoms with van der Waals surface area (Å²) >= 11 is 0. The molecule has 2 saturated heterocycles. The van der Waals surface area contributed by atoms with Crippen LogP contribution < -0.4 is 10.6 Å². The van der Waals surface area contributed by atoms with E-state index in [0.29, 0.717) is 18.0 Å². The van der Waals surface area contributed by atoms with Crippen LogP contribution in [0.1, 0.15) is 66.2 Å². The summed E-state index contributed by atoms with van der Waals surface area (Å²) in [6, 6.07) is 1.14. The number of hydrogen-bond donors (Lipinski definition) is 2. The molecule has 2 aliphatic rings. The third-order valence-electron chi connectivity index (χ3n) is 5.89. The monoisotopic (exact) mass is 365 g/mol. The SMILES string of the molecule is CCNC(=NCCCCCN1CCCCC1)NC1CN(C(C)C)CC1C. The number of piperidine rings is 1. The van der Waals surface area contributed by atoms with Gasteiger partial charge >= 0.3 is 0 Å². The standard InChI is InChI=1S/C21H43N5/c1-5-22-21(24-20-17-26(18(2)3)16-19(20)4)23-12-8-6-9-13-25-14-10-7-11-15-25/h18-20H,5-17H2,1-4H3,(H2,22,23,24). The van der Waals surface area contributed by atoms with Gasteiger partial charge in [0, 0.05) is 38.3 Å². The summed E-state index contributed by atoms with van der Waals surface area (Å²) in [5.74, 6) is 1.68. The number of rotatable bonds is 9. The molecule has 2 N–H and O–H groups in total. The van der Waals surface area contributed by atoms with Gasteiger partial charge in [0.25, 0.3) is 0 Å². The van der Waals surface area contributed by atoms with Crippen molar-refractivity contribution in [3.63, 3.8) is 0 Å². The topological polar surface area (TPSA) is 42.9 Å². The second kappa shape index (κ2) is 11.8. The number of unbranched alkanes of at least 4 members (excludes halogenated alkanes) is 2. The van der Waals surface area contributed by atoms with Crippen molar-refractivity contribution < 1.29 is 0 Å². The minimum atomic E-state index is 0.509. The Morgan fingerprint density at radius 3 is 2.50 bits per heavy atom. The molecule has 26 heavy (non-hydrogen) atoms. The minimum Gasteiger partial charge on any atom is -0.357 e. The molecule has 2 aliphatic heterocycles. The molecule has 5 nitrogen and oxygen atoms in total. The van der Waals surface area contributed by atoms with Crippen molar-refractivity contribution in [2.24, 2.45) is 10.9 Å². The van der Waals surface area contributed by atoms with E-state index in [-0.39, 0.29) is 0 Å². The Morgan fingerprint density at radius 1 is 1.08 bits per heavy atom. The summed E-state index contributed by atoms with van der Waals surface area (Å²) in [5.41, 5.74) is 0. The van der Waals surface area contributed by atoms with Crippen molar-refractivity contribution in [1.29, 1.82) is 0 Å². The first kappa shape index (κ1) is 21.5. The van der Waals surface area contributed by atoms with E-state index in [9.17, 15) is 0 Å². The van der Waals surface area contributed by atoms with Gasteiger partial charge in [0.05, 0.1) is 0 Å². The van der Waals surface area contributed by atoms with Crippen molar-refractivity contribution in [2.75, 3.05) is 45.8 Å². The Bertz CT molecular complexity index is 403. The van der Waals surface area contributed by atoms with Gasteiger partial charge in [0.2, 0.25) is 0 Å². The lowest BCUT2D eigenvalue weighted by Crippen LogP contribution is -2.46. The molecule has 0 amide bonds. The van der Waals surface area contributed by atoms with Gasteiger partial charge < -0.3 is 15.5 Å². The van der Waals surface area contributed by atoms with Gasteiger partial charge in [-0.1, -0.05) is 19.8 Å². The fourth-order valence-corrected chi connectivity index (χ4v) is 4.11. The predicted octanol–water partition coefficient (Wildman–Crippen LogP) is 2.93. The van der Waals surface area contributed by atoms with E-state index >= 15 is 0 Å². The van der Waals surface area contributed by atoms with Crippen LogP contribution in [0.2, 0.25) is 0 Å². The normalized spacial score (nSPS) is 25.8. The number of hydrogen-bond acceptors (Lipinski definition) is 3. The van der Waals surface area contributed by atoms with Crippen molar-refractivity contribution in [3.8, 4) is 0 Å². The van der Waals surface area contributed by atoms with Crippen LogP contribution in [0.5, 0.6) is 0 Å². The number of likely N-dealkylation sites (tertiary alicyclic amines) is 2. The van der Waals surface area contributed by atoms with E-state index < -0.39 is 0 Å². The summed E-state index contributed by atoms with van der Waals surface area (Å²) in [5, 5.41) is 7.11. The van der Waals surface area contributed by atoms with E-state index in [4.69, 9.17) is 4.99 Å². The first-order chi connectivity index (χ1) is 12.6. The van der Waals surface area contributed by atoms with Crippen molar-refractivity contribution in [1.82, 2.24) is 20.4 Å². The fraction of sp³-hybridized carbons (Fsp3) is 0.952. The van der Waals surface area contributed by atoms with E-state index in [1.807, 2.05) is 0 Å². The Kier molecular flexibility index (Phi) is 9.76. The van der Waals surface area contributed by atoms with Gasteiger partial charge in [-0.05, 0) is 72.0 Å². The molecule has 0 aromatic rings. The molecule has 0 aliphatic carbocycles. The molecule has 0 aromatic heterocycles.